The normalized spacial score (nSPS) is 10.9. The Bertz CT molecular complexity index is 926. The molecule has 0 atom stereocenters. The number of aromatic nitrogens is 1. The highest BCUT2D eigenvalue weighted by molar-refractivity contribution is 5.80. The van der Waals surface area contributed by atoms with E-state index >= 15 is 0 Å². The number of carbonyl (C=O) groups is 1. The average Bonchev–Trinajstić information content (AvgIpc) is 2.67. The van der Waals surface area contributed by atoms with Gasteiger partial charge < -0.3 is 10.2 Å². The zero-order valence-corrected chi connectivity index (χ0v) is 15.2. The fourth-order valence-electron chi connectivity index (χ4n) is 3.11. The van der Waals surface area contributed by atoms with Gasteiger partial charge in [-0.3, -0.25) is 14.7 Å². The Morgan fingerprint density at radius 2 is 1.70 bits per heavy atom. The monoisotopic (exact) mass is 362 g/mol. The van der Waals surface area contributed by atoms with Crippen LogP contribution in [-0.4, -0.2) is 26.4 Å². The zero-order valence-electron chi connectivity index (χ0n) is 15.2. The standard InChI is InChI=1S/C22H22N2O3/c1-16-10-18(22(27)19(11-16)15-25)13-24(14-20-7-4-5-9-23-20)12-17-6-2-3-8-21(17)26/h2-11,15,26-27H,12-14H2,1H3. The molecule has 3 aromatic rings. The molecule has 0 aliphatic rings. The first-order valence-corrected chi connectivity index (χ1v) is 8.73. The van der Waals surface area contributed by atoms with Crippen LogP contribution in [0.15, 0.2) is 60.8 Å². The van der Waals surface area contributed by atoms with Crippen molar-refractivity contribution in [2.24, 2.45) is 0 Å². The van der Waals surface area contributed by atoms with Gasteiger partial charge in [-0.1, -0.05) is 30.3 Å². The molecule has 2 N–H and O–H groups in total. The third-order valence-electron chi connectivity index (χ3n) is 4.38. The van der Waals surface area contributed by atoms with E-state index in [0.717, 1.165) is 16.8 Å². The summed E-state index contributed by atoms with van der Waals surface area (Å²) in [6.07, 6.45) is 2.40. The molecule has 138 valence electrons. The fourth-order valence-corrected chi connectivity index (χ4v) is 3.11. The van der Waals surface area contributed by atoms with Crippen molar-refractivity contribution in [1.29, 1.82) is 0 Å². The van der Waals surface area contributed by atoms with Crippen molar-refractivity contribution in [3.05, 3.63) is 88.7 Å². The van der Waals surface area contributed by atoms with E-state index in [1.807, 2.05) is 43.3 Å². The number of phenols is 2. The Morgan fingerprint density at radius 3 is 2.41 bits per heavy atom. The van der Waals surface area contributed by atoms with E-state index in [1.54, 1.807) is 24.4 Å². The smallest absolute Gasteiger partial charge is 0.153 e. The number of hydrogen-bond acceptors (Lipinski definition) is 5. The van der Waals surface area contributed by atoms with Crippen molar-refractivity contribution in [3.63, 3.8) is 0 Å². The summed E-state index contributed by atoms with van der Waals surface area (Å²) < 4.78 is 0. The van der Waals surface area contributed by atoms with Gasteiger partial charge in [0.05, 0.1) is 11.3 Å². The minimum Gasteiger partial charge on any atom is -0.508 e. The predicted molar refractivity (Wildman–Crippen MR) is 104 cm³/mol. The number of para-hydroxylation sites is 1. The van der Waals surface area contributed by atoms with Crippen LogP contribution >= 0.6 is 0 Å². The maximum Gasteiger partial charge on any atom is 0.153 e. The Kier molecular flexibility index (Phi) is 5.84. The number of pyridine rings is 1. The van der Waals surface area contributed by atoms with Crippen LogP contribution in [0.2, 0.25) is 0 Å². The molecule has 0 bridgehead atoms. The van der Waals surface area contributed by atoms with E-state index in [-0.39, 0.29) is 17.1 Å². The largest absolute Gasteiger partial charge is 0.508 e. The molecule has 0 aliphatic carbocycles. The van der Waals surface area contributed by atoms with Crippen LogP contribution in [0.25, 0.3) is 0 Å². The van der Waals surface area contributed by atoms with Gasteiger partial charge in [0.1, 0.15) is 11.5 Å². The van der Waals surface area contributed by atoms with Gasteiger partial charge in [0.15, 0.2) is 6.29 Å². The molecule has 1 heterocycles. The van der Waals surface area contributed by atoms with Crippen LogP contribution in [0.3, 0.4) is 0 Å². The Hall–Kier alpha value is -3.18. The molecule has 0 radical (unpaired) electrons. The summed E-state index contributed by atoms with van der Waals surface area (Å²) in [7, 11) is 0. The molecule has 0 saturated heterocycles. The molecule has 0 amide bonds. The number of aryl methyl sites for hydroxylation is 1. The lowest BCUT2D eigenvalue weighted by molar-refractivity contribution is 0.112. The van der Waals surface area contributed by atoms with E-state index in [1.165, 1.54) is 0 Å². The Labute approximate surface area is 158 Å². The molecule has 3 rings (SSSR count). The minimum atomic E-state index is -0.00101. The number of rotatable bonds is 7. The molecule has 2 aromatic carbocycles. The van der Waals surface area contributed by atoms with Gasteiger partial charge in [-0.2, -0.15) is 0 Å². The minimum absolute atomic E-state index is 0.00101. The first-order chi connectivity index (χ1) is 13.1. The van der Waals surface area contributed by atoms with E-state index in [4.69, 9.17) is 0 Å². The molecule has 0 spiro atoms. The number of phenolic OH excluding ortho intramolecular Hbond substituents is 2. The molecule has 27 heavy (non-hydrogen) atoms. The predicted octanol–water partition coefficient (Wildman–Crippen LogP) is 3.82. The van der Waals surface area contributed by atoms with Gasteiger partial charge in [0.25, 0.3) is 0 Å². The number of aldehydes is 1. The molecule has 0 aliphatic heterocycles. The molecular weight excluding hydrogens is 340 g/mol. The molecule has 0 unspecified atom stereocenters. The van der Waals surface area contributed by atoms with Crippen molar-refractivity contribution in [2.75, 3.05) is 0 Å². The first-order valence-electron chi connectivity index (χ1n) is 8.73. The number of nitrogens with zero attached hydrogens (tertiary/aromatic N) is 2. The van der Waals surface area contributed by atoms with Crippen molar-refractivity contribution in [2.45, 2.75) is 26.6 Å². The Balaban J connectivity index is 1.91. The van der Waals surface area contributed by atoms with E-state index < -0.39 is 0 Å². The Morgan fingerprint density at radius 1 is 0.963 bits per heavy atom. The summed E-state index contributed by atoms with van der Waals surface area (Å²) in [6.45, 7) is 3.33. The second-order valence-electron chi connectivity index (χ2n) is 6.57. The van der Waals surface area contributed by atoms with Gasteiger partial charge in [-0.25, -0.2) is 0 Å². The highest BCUT2D eigenvalue weighted by Gasteiger charge is 2.15. The summed E-state index contributed by atoms with van der Waals surface area (Å²) in [5.74, 6) is 0.226. The zero-order chi connectivity index (χ0) is 19.2. The second kappa shape index (κ2) is 8.47. The maximum absolute atomic E-state index is 11.2. The van der Waals surface area contributed by atoms with Crippen LogP contribution in [0, 0.1) is 6.92 Å². The van der Waals surface area contributed by atoms with Gasteiger partial charge >= 0.3 is 0 Å². The van der Waals surface area contributed by atoms with E-state index in [0.29, 0.717) is 31.5 Å². The summed E-state index contributed by atoms with van der Waals surface area (Å²) in [6, 6.07) is 16.4. The van der Waals surface area contributed by atoms with Crippen molar-refractivity contribution in [1.82, 2.24) is 9.88 Å². The van der Waals surface area contributed by atoms with Gasteiger partial charge in [0, 0.05) is 37.0 Å². The van der Waals surface area contributed by atoms with Crippen LogP contribution in [0.4, 0.5) is 0 Å². The third kappa shape index (κ3) is 4.71. The number of carbonyl (C=O) groups excluding carboxylic acids is 1. The third-order valence-corrected chi connectivity index (χ3v) is 4.38. The molecule has 5 nitrogen and oxygen atoms in total. The lowest BCUT2D eigenvalue weighted by Gasteiger charge is -2.23. The summed E-state index contributed by atoms with van der Waals surface area (Å²) >= 11 is 0. The van der Waals surface area contributed by atoms with Crippen LogP contribution in [0.1, 0.15) is 32.7 Å². The topological polar surface area (TPSA) is 73.7 Å². The number of aromatic hydroxyl groups is 2. The van der Waals surface area contributed by atoms with Crippen LogP contribution < -0.4 is 0 Å². The molecule has 5 heteroatoms. The SMILES string of the molecule is Cc1cc(C=O)c(O)c(CN(Cc2ccccn2)Cc2ccccc2O)c1. The van der Waals surface area contributed by atoms with E-state index in [9.17, 15) is 15.0 Å². The van der Waals surface area contributed by atoms with Gasteiger partial charge in [0.2, 0.25) is 0 Å². The average molecular weight is 362 g/mol. The van der Waals surface area contributed by atoms with Gasteiger partial charge in [-0.15, -0.1) is 0 Å². The van der Waals surface area contributed by atoms with E-state index in [2.05, 4.69) is 9.88 Å². The summed E-state index contributed by atoms with van der Waals surface area (Å²) in [5.41, 5.74) is 3.53. The highest BCUT2D eigenvalue weighted by atomic mass is 16.3. The first kappa shape index (κ1) is 18.6. The fraction of sp³-hybridized carbons (Fsp3) is 0.182. The number of benzene rings is 2. The van der Waals surface area contributed by atoms with Crippen molar-refractivity contribution < 1.29 is 15.0 Å². The quantitative estimate of drug-likeness (QED) is 0.625. The van der Waals surface area contributed by atoms with Crippen LogP contribution in [-0.2, 0) is 19.6 Å². The highest BCUT2D eigenvalue weighted by Crippen LogP contribution is 2.27. The summed E-state index contributed by atoms with van der Waals surface area (Å²) in [5, 5.41) is 20.6. The molecule has 0 saturated carbocycles. The lowest BCUT2D eigenvalue weighted by Crippen LogP contribution is -2.23. The van der Waals surface area contributed by atoms with Crippen LogP contribution in [0.5, 0.6) is 11.5 Å². The lowest BCUT2D eigenvalue weighted by atomic mass is 10.0. The van der Waals surface area contributed by atoms with Crippen molar-refractivity contribution in [3.8, 4) is 11.5 Å². The maximum atomic E-state index is 11.2. The van der Waals surface area contributed by atoms with Crippen molar-refractivity contribution >= 4 is 6.29 Å². The molecular formula is C22H22N2O3. The second-order valence-corrected chi connectivity index (χ2v) is 6.57. The molecule has 1 aromatic heterocycles. The van der Waals surface area contributed by atoms with Gasteiger partial charge in [-0.05, 0) is 36.8 Å². The molecule has 0 fully saturated rings. The summed E-state index contributed by atoms with van der Waals surface area (Å²) in [4.78, 5) is 17.7. The number of hydrogen-bond donors (Lipinski definition) is 2.